The number of hydrogen-bond donors (Lipinski definition) is 2. The van der Waals surface area contributed by atoms with E-state index in [1.807, 2.05) is 0 Å². The van der Waals surface area contributed by atoms with Crippen LogP contribution >= 0.6 is 0 Å². The molecule has 0 heterocycles. The first kappa shape index (κ1) is 13.9. The molecular formula is C13H14F3NO2. The summed E-state index contributed by atoms with van der Waals surface area (Å²) < 4.78 is 39.6. The third-order valence-corrected chi connectivity index (χ3v) is 3.18. The Morgan fingerprint density at radius 1 is 1.32 bits per heavy atom. The smallest absolute Gasteiger partial charge is 0.257 e. The van der Waals surface area contributed by atoms with E-state index in [0.29, 0.717) is 18.6 Å². The first-order valence-corrected chi connectivity index (χ1v) is 6.09. The molecule has 0 aromatic heterocycles. The van der Waals surface area contributed by atoms with Crippen LogP contribution in [0.2, 0.25) is 0 Å². The maximum Gasteiger partial charge on any atom is 0.257 e. The Bertz CT molecular complexity index is 466. The van der Waals surface area contributed by atoms with Crippen LogP contribution in [0.1, 0.15) is 29.6 Å². The molecule has 0 spiro atoms. The molecule has 1 aromatic carbocycles. The number of rotatable bonds is 5. The highest BCUT2D eigenvalue weighted by atomic mass is 19.1. The van der Waals surface area contributed by atoms with E-state index in [9.17, 15) is 18.0 Å². The molecule has 2 rings (SSSR count). The van der Waals surface area contributed by atoms with E-state index in [4.69, 9.17) is 5.11 Å². The van der Waals surface area contributed by atoms with E-state index >= 15 is 0 Å². The summed E-state index contributed by atoms with van der Waals surface area (Å²) in [6.07, 6.45) is 2.17. The minimum atomic E-state index is -1.23. The summed E-state index contributed by atoms with van der Waals surface area (Å²) in [6.45, 7) is -0.115. The third kappa shape index (κ3) is 3.26. The van der Waals surface area contributed by atoms with Crippen LogP contribution in [0.4, 0.5) is 13.2 Å². The molecule has 19 heavy (non-hydrogen) atoms. The number of aliphatic hydroxyl groups excluding tert-OH is 1. The van der Waals surface area contributed by atoms with Gasteiger partial charge in [-0.2, -0.15) is 0 Å². The monoisotopic (exact) mass is 273 g/mol. The van der Waals surface area contributed by atoms with E-state index in [0.717, 1.165) is 12.8 Å². The maximum atomic E-state index is 13.4. The second kappa shape index (κ2) is 5.61. The lowest BCUT2D eigenvalue weighted by molar-refractivity contribution is 0.0915. The van der Waals surface area contributed by atoms with Gasteiger partial charge in [-0.15, -0.1) is 0 Å². The Kier molecular flexibility index (Phi) is 4.09. The molecule has 104 valence electrons. The molecule has 0 bridgehead atoms. The van der Waals surface area contributed by atoms with Gasteiger partial charge in [0.05, 0.1) is 0 Å². The Morgan fingerprint density at radius 3 is 2.37 bits per heavy atom. The summed E-state index contributed by atoms with van der Waals surface area (Å²) in [5.74, 6) is -4.20. The molecule has 1 atom stereocenters. The predicted octanol–water partition coefficient (Wildman–Crippen LogP) is 1.99. The van der Waals surface area contributed by atoms with E-state index in [-0.39, 0.29) is 18.6 Å². The fourth-order valence-electron chi connectivity index (χ4n) is 2.06. The number of nitrogens with one attached hydrogen (secondary N) is 1. The average Bonchev–Trinajstić information content (AvgIpc) is 3.10. The molecule has 1 aliphatic rings. The summed E-state index contributed by atoms with van der Waals surface area (Å²) in [6, 6.07) is 0.633. The Morgan fingerprint density at radius 2 is 1.89 bits per heavy atom. The van der Waals surface area contributed by atoms with Gasteiger partial charge in [0.25, 0.3) is 5.91 Å². The number of amides is 1. The molecule has 0 radical (unpaired) electrons. The molecule has 0 aliphatic heterocycles. The zero-order chi connectivity index (χ0) is 14.0. The van der Waals surface area contributed by atoms with Crippen LogP contribution in [0.3, 0.4) is 0 Å². The highest BCUT2D eigenvalue weighted by Crippen LogP contribution is 2.34. The fraction of sp³-hybridized carbons (Fsp3) is 0.462. The van der Waals surface area contributed by atoms with Crippen molar-refractivity contribution in [1.82, 2.24) is 5.32 Å². The largest absolute Gasteiger partial charge is 0.396 e. The Labute approximate surface area is 108 Å². The standard InChI is InChI=1S/C13H14F3NO2/c14-8-5-9(15)12(10(16)6-8)13(19)17-11(3-4-18)7-1-2-7/h5-7,11,18H,1-4H2,(H,17,19). The first-order valence-electron chi connectivity index (χ1n) is 6.09. The van der Waals surface area contributed by atoms with Gasteiger partial charge in [-0.3, -0.25) is 4.79 Å². The molecule has 1 aromatic rings. The SMILES string of the molecule is O=C(NC(CCO)C1CC1)c1c(F)cc(F)cc1F. The summed E-state index contributed by atoms with van der Waals surface area (Å²) in [5.41, 5.74) is -0.787. The predicted molar refractivity (Wildman–Crippen MR) is 62.0 cm³/mol. The van der Waals surface area contributed by atoms with Gasteiger partial charge in [-0.25, -0.2) is 13.2 Å². The molecule has 6 heteroatoms. The molecule has 1 amide bonds. The van der Waals surface area contributed by atoms with Crippen LogP contribution in [-0.2, 0) is 0 Å². The molecule has 1 saturated carbocycles. The number of hydrogen-bond acceptors (Lipinski definition) is 2. The molecule has 0 saturated heterocycles. The lowest BCUT2D eigenvalue weighted by atomic mass is 10.1. The van der Waals surface area contributed by atoms with Gasteiger partial charge in [-0.1, -0.05) is 0 Å². The number of halogens is 3. The van der Waals surface area contributed by atoms with E-state index in [1.165, 1.54) is 0 Å². The van der Waals surface area contributed by atoms with E-state index < -0.39 is 28.9 Å². The van der Waals surface area contributed by atoms with Crippen LogP contribution < -0.4 is 5.32 Å². The van der Waals surface area contributed by atoms with Crippen molar-refractivity contribution in [1.29, 1.82) is 0 Å². The second-order valence-electron chi connectivity index (χ2n) is 4.67. The zero-order valence-electron chi connectivity index (χ0n) is 10.1. The number of carbonyl (C=O) groups is 1. The zero-order valence-corrected chi connectivity index (χ0v) is 10.1. The quantitative estimate of drug-likeness (QED) is 0.862. The van der Waals surface area contributed by atoms with Gasteiger partial charge >= 0.3 is 0 Å². The van der Waals surface area contributed by atoms with Gasteiger partial charge in [0.2, 0.25) is 0 Å². The van der Waals surface area contributed by atoms with Gasteiger partial charge in [0, 0.05) is 24.8 Å². The van der Waals surface area contributed by atoms with Crippen molar-refractivity contribution in [3.05, 3.63) is 35.1 Å². The molecule has 1 unspecified atom stereocenters. The Hall–Kier alpha value is -1.56. The maximum absolute atomic E-state index is 13.4. The van der Waals surface area contributed by atoms with Crippen molar-refractivity contribution < 1.29 is 23.1 Å². The lowest BCUT2D eigenvalue weighted by Gasteiger charge is -2.17. The highest BCUT2D eigenvalue weighted by Gasteiger charge is 2.33. The molecule has 1 fully saturated rings. The van der Waals surface area contributed by atoms with Crippen molar-refractivity contribution in [3.63, 3.8) is 0 Å². The normalized spacial score (nSPS) is 16.2. The van der Waals surface area contributed by atoms with Crippen LogP contribution in [-0.4, -0.2) is 23.7 Å². The number of carbonyl (C=O) groups excluding carboxylic acids is 1. The van der Waals surface area contributed by atoms with Gasteiger partial charge in [0.1, 0.15) is 23.0 Å². The average molecular weight is 273 g/mol. The summed E-state index contributed by atoms with van der Waals surface area (Å²) in [7, 11) is 0. The summed E-state index contributed by atoms with van der Waals surface area (Å²) in [4.78, 5) is 11.8. The van der Waals surface area contributed by atoms with Crippen LogP contribution in [0.5, 0.6) is 0 Å². The summed E-state index contributed by atoms with van der Waals surface area (Å²) >= 11 is 0. The molecular weight excluding hydrogens is 259 g/mol. The van der Waals surface area contributed by atoms with Gasteiger partial charge < -0.3 is 10.4 Å². The molecule has 2 N–H and O–H groups in total. The van der Waals surface area contributed by atoms with E-state index in [1.54, 1.807) is 0 Å². The Balaban J connectivity index is 2.15. The van der Waals surface area contributed by atoms with Crippen molar-refractivity contribution >= 4 is 5.91 Å². The second-order valence-corrected chi connectivity index (χ2v) is 4.67. The topological polar surface area (TPSA) is 49.3 Å². The van der Waals surface area contributed by atoms with Gasteiger partial charge in [-0.05, 0) is 25.2 Å². The highest BCUT2D eigenvalue weighted by molar-refractivity contribution is 5.95. The van der Waals surface area contributed by atoms with Crippen molar-refractivity contribution in [2.75, 3.05) is 6.61 Å². The third-order valence-electron chi connectivity index (χ3n) is 3.18. The lowest BCUT2D eigenvalue weighted by Crippen LogP contribution is -2.38. The number of benzene rings is 1. The van der Waals surface area contributed by atoms with E-state index in [2.05, 4.69) is 5.32 Å². The van der Waals surface area contributed by atoms with Crippen LogP contribution in [0, 0.1) is 23.4 Å². The van der Waals surface area contributed by atoms with Gasteiger partial charge in [0.15, 0.2) is 0 Å². The molecule has 1 aliphatic carbocycles. The minimum absolute atomic E-state index is 0.115. The first-order chi connectivity index (χ1) is 9.02. The molecule has 3 nitrogen and oxygen atoms in total. The minimum Gasteiger partial charge on any atom is -0.396 e. The van der Waals surface area contributed by atoms with Crippen molar-refractivity contribution in [2.24, 2.45) is 5.92 Å². The van der Waals surface area contributed by atoms with Crippen molar-refractivity contribution in [2.45, 2.75) is 25.3 Å². The van der Waals surface area contributed by atoms with Crippen LogP contribution in [0.15, 0.2) is 12.1 Å². The summed E-state index contributed by atoms with van der Waals surface area (Å²) in [5, 5.41) is 11.4. The number of aliphatic hydroxyl groups is 1. The van der Waals surface area contributed by atoms with Crippen LogP contribution in [0.25, 0.3) is 0 Å². The van der Waals surface area contributed by atoms with Crippen molar-refractivity contribution in [3.8, 4) is 0 Å². The fourth-order valence-corrected chi connectivity index (χ4v) is 2.06.